The van der Waals surface area contributed by atoms with E-state index in [1.165, 1.54) is 10.4 Å². The smallest absolute Gasteiger partial charge is 0.433 e. The van der Waals surface area contributed by atoms with E-state index < -0.39 is 46.6 Å². The van der Waals surface area contributed by atoms with Gasteiger partial charge in [0.1, 0.15) is 18.1 Å². The van der Waals surface area contributed by atoms with Crippen molar-refractivity contribution in [2.45, 2.75) is 17.4 Å². The molecule has 3 aromatic heterocycles. The lowest BCUT2D eigenvalue weighted by Crippen LogP contribution is -2.28. The van der Waals surface area contributed by atoms with Gasteiger partial charge in [0.05, 0.1) is 35.0 Å². The van der Waals surface area contributed by atoms with E-state index in [1.54, 1.807) is 0 Å². The second kappa shape index (κ2) is 8.50. The summed E-state index contributed by atoms with van der Waals surface area (Å²) in [5.74, 6) is -2.68. The Balaban J connectivity index is 1.62. The average Bonchev–Trinajstić information content (AvgIpc) is 3.23. The Morgan fingerprint density at radius 3 is 2.36 bits per heavy atom. The first-order chi connectivity index (χ1) is 16.9. The summed E-state index contributed by atoms with van der Waals surface area (Å²) < 4.78 is 115. The molecule has 0 aliphatic carbocycles. The molecule has 0 radical (unpaired) electrons. The van der Waals surface area contributed by atoms with Gasteiger partial charge in [-0.3, -0.25) is 4.31 Å². The quantitative estimate of drug-likeness (QED) is 0.248. The van der Waals surface area contributed by atoms with Crippen molar-refractivity contribution in [2.75, 3.05) is 17.5 Å². The van der Waals surface area contributed by atoms with Gasteiger partial charge in [-0.15, -0.1) is 0 Å². The van der Waals surface area contributed by atoms with E-state index in [0.717, 1.165) is 24.1 Å². The van der Waals surface area contributed by atoms with Crippen LogP contribution in [-0.2, 0) is 12.4 Å². The third-order valence-corrected chi connectivity index (χ3v) is 6.11. The highest BCUT2D eigenvalue weighted by Gasteiger charge is 2.38. The molecule has 188 valence electrons. The van der Waals surface area contributed by atoms with Crippen molar-refractivity contribution in [3.8, 4) is 17.1 Å². The van der Waals surface area contributed by atoms with Crippen molar-refractivity contribution in [1.29, 1.82) is 0 Å². The Morgan fingerprint density at radius 1 is 0.972 bits per heavy atom. The van der Waals surface area contributed by atoms with Crippen LogP contribution in [0, 0.1) is 11.6 Å². The van der Waals surface area contributed by atoms with Crippen molar-refractivity contribution in [3.63, 3.8) is 0 Å². The van der Waals surface area contributed by atoms with E-state index in [0.29, 0.717) is 12.4 Å². The van der Waals surface area contributed by atoms with Crippen LogP contribution in [0.3, 0.4) is 0 Å². The number of aromatic amines is 1. The molecule has 4 heterocycles. The highest BCUT2D eigenvalue weighted by atomic mass is 32.2. The first-order valence-corrected chi connectivity index (χ1v) is 10.8. The Labute approximate surface area is 200 Å². The fourth-order valence-corrected chi connectivity index (χ4v) is 4.56. The zero-order valence-corrected chi connectivity index (χ0v) is 18.3. The first-order valence-electron chi connectivity index (χ1n) is 9.98. The monoisotopic (exact) mass is 533 g/mol. The standard InChI is InChI=1S/C21H11F8N5OS/c22-9-7-30-18(31-8-9)16-10-5-15(33-17(10)12(23)6-11(16)20(24,25)26)36-34-3-4-35-13-1-2-14(21(27,28)29)32-19(13)34/h1-2,5-8,33H,3-4H2. The molecule has 1 aliphatic heterocycles. The SMILES string of the molecule is Fc1cnc(-c2c(C(F)(F)F)cc(F)c3[nH]c(SN4CCOc5ccc(C(F)(F)F)nc54)cc23)nc1. The molecule has 15 heteroatoms. The Morgan fingerprint density at radius 2 is 1.69 bits per heavy atom. The second-order valence-corrected chi connectivity index (χ2v) is 8.55. The summed E-state index contributed by atoms with van der Waals surface area (Å²) in [5, 5.41) is -0.152. The fourth-order valence-electron chi connectivity index (χ4n) is 3.62. The number of ether oxygens (including phenoxy) is 1. The van der Waals surface area contributed by atoms with Crippen molar-refractivity contribution < 1.29 is 39.9 Å². The van der Waals surface area contributed by atoms with E-state index in [1.807, 2.05) is 0 Å². The summed E-state index contributed by atoms with van der Waals surface area (Å²) in [6, 6.07) is 3.33. The topological polar surface area (TPSA) is 66.9 Å². The van der Waals surface area contributed by atoms with Crippen LogP contribution in [-0.4, -0.2) is 33.1 Å². The van der Waals surface area contributed by atoms with E-state index in [2.05, 4.69) is 19.9 Å². The van der Waals surface area contributed by atoms with Gasteiger partial charge in [-0.2, -0.15) is 26.3 Å². The number of pyridine rings is 1. The molecule has 0 saturated heterocycles. The van der Waals surface area contributed by atoms with Crippen molar-refractivity contribution in [3.05, 3.63) is 59.6 Å². The zero-order chi connectivity index (χ0) is 25.8. The molecule has 4 aromatic rings. The number of halogens is 8. The molecule has 6 nitrogen and oxygen atoms in total. The van der Waals surface area contributed by atoms with Crippen molar-refractivity contribution in [2.24, 2.45) is 0 Å². The summed E-state index contributed by atoms with van der Waals surface area (Å²) in [6.07, 6.45) is -8.36. The van der Waals surface area contributed by atoms with Gasteiger partial charge < -0.3 is 9.72 Å². The molecule has 0 spiro atoms. The number of anilines is 1. The van der Waals surface area contributed by atoms with Crippen LogP contribution >= 0.6 is 11.9 Å². The number of alkyl halides is 6. The highest BCUT2D eigenvalue weighted by Crippen LogP contribution is 2.44. The van der Waals surface area contributed by atoms with Gasteiger partial charge in [0.25, 0.3) is 0 Å². The van der Waals surface area contributed by atoms with Crippen LogP contribution < -0.4 is 9.04 Å². The van der Waals surface area contributed by atoms with Gasteiger partial charge in [-0.25, -0.2) is 23.7 Å². The Kier molecular flexibility index (Phi) is 5.69. The number of nitrogens with zero attached hydrogens (tertiary/aromatic N) is 4. The lowest BCUT2D eigenvalue weighted by atomic mass is 10.0. The maximum atomic E-state index is 14.7. The van der Waals surface area contributed by atoms with Gasteiger partial charge >= 0.3 is 12.4 Å². The van der Waals surface area contributed by atoms with Crippen LogP contribution in [0.5, 0.6) is 5.75 Å². The average molecular weight is 533 g/mol. The summed E-state index contributed by atoms with van der Waals surface area (Å²) in [7, 11) is 0. The number of fused-ring (bicyclic) bond motifs is 2. The number of hydrogen-bond donors (Lipinski definition) is 1. The molecule has 0 unspecified atom stereocenters. The zero-order valence-electron chi connectivity index (χ0n) is 17.5. The second-order valence-electron chi connectivity index (χ2n) is 7.48. The minimum absolute atomic E-state index is 0.0730. The number of aromatic nitrogens is 4. The number of nitrogens with one attached hydrogen (secondary N) is 1. The number of rotatable bonds is 3. The summed E-state index contributed by atoms with van der Waals surface area (Å²) in [6.45, 7) is 0.167. The van der Waals surface area contributed by atoms with Crippen molar-refractivity contribution in [1.82, 2.24) is 19.9 Å². The molecule has 0 saturated carbocycles. The molecule has 0 atom stereocenters. The third kappa shape index (κ3) is 4.38. The molecule has 1 N–H and O–H groups in total. The van der Waals surface area contributed by atoms with Gasteiger partial charge in [0.15, 0.2) is 23.2 Å². The first kappa shape index (κ1) is 24.1. The number of benzene rings is 1. The van der Waals surface area contributed by atoms with E-state index in [4.69, 9.17) is 4.74 Å². The molecule has 0 amide bonds. The number of hydrogen-bond acceptors (Lipinski definition) is 6. The molecule has 0 bridgehead atoms. The predicted molar refractivity (Wildman–Crippen MR) is 112 cm³/mol. The molecular formula is C21H11F8N5OS. The van der Waals surface area contributed by atoms with Gasteiger partial charge in [0, 0.05) is 22.9 Å². The van der Waals surface area contributed by atoms with Crippen LogP contribution in [0.25, 0.3) is 22.3 Å². The Hall–Kier alpha value is -3.62. The third-order valence-electron chi connectivity index (χ3n) is 5.12. The molecule has 0 fully saturated rings. The Bertz CT molecular complexity index is 1450. The lowest BCUT2D eigenvalue weighted by Gasteiger charge is -2.28. The van der Waals surface area contributed by atoms with Gasteiger partial charge in [0.2, 0.25) is 0 Å². The van der Waals surface area contributed by atoms with Crippen LogP contribution in [0.15, 0.2) is 41.7 Å². The molecule has 5 rings (SSSR count). The minimum atomic E-state index is -4.99. The van der Waals surface area contributed by atoms with E-state index in [9.17, 15) is 35.1 Å². The molecule has 1 aliphatic rings. The minimum Gasteiger partial charge on any atom is -0.488 e. The van der Waals surface area contributed by atoms with E-state index in [-0.39, 0.29) is 46.7 Å². The molecule has 36 heavy (non-hydrogen) atoms. The number of H-pyrrole nitrogens is 1. The van der Waals surface area contributed by atoms with Gasteiger partial charge in [-0.05, 0) is 24.3 Å². The largest absolute Gasteiger partial charge is 0.488 e. The molecular weight excluding hydrogens is 522 g/mol. The summed E-state index contributed by atoms with van der Waals surface area (Å²) in [5.41, 5.74) is -3.44. The van der Waals surface area contributed by atoms with Crippen LogP contribution in [0.1, 0.15) is 11.3 Å². The molecule has 1 aromatic carbocycles. The van der Waals surface area contributed by atoms with Crippen molar-refractivity contribution >= 4 is 28.7 Å². The highest BCUT2D eigenvalue weighted by molar-refractivity contribution is 8.00. The van der Waals surface area contributed by atoms with E-state index >= 15 is 0 Å². The van der Waals surface area contributed by atoms with Gasteiger partial charge in [-0.1, -0.05) is 0 Å². The summed E-state index contributed by atoms with van der Waals surface area (Å²) in [4.78, 5) is 13.5. The maximum Gasteiger partial charge on any atom is 0.433 e. The summed E-state index contributed by atoms with van der Waals surface area (Å²) >= 11 is 0.800. The van der Waals surface area contributed by atoms with Crippen LogP contribution in [0.4, 0.5) is 40.9 Å². The van der Waals surface area contributed by atoms with Crippen LogP contribution in [0.2, 0.25) is 0 Å². The fraction of sp³-hybridized carbons (Fsp3) is 0.190. The maximum absolute atomic E-state index is 14.7. The lowest BCUT2D eigenvalue weighted by molar-refractivity contribution is -0.141. The normalized spacial score (nSPS) is 14.2. The predicted octanol–water partition coefficient (Wildman–Crippen LogP) is 6.24.